The molecule has 142 valence electrons. The highest BCUT2D eigenvalue weighted by molar-refractivity contribution is 5.80. The predicted octanol–water partition coefficient (Wildman–Crippen LogP) is 0.701. The van der Waals surface area contributed by atoms with Crippen molar-refractivity contribution in [1.82, 2.24) is 25.0 Å². The summed E-state index contributed by atoms with van der Waals surface area (Å²) in [5, 5.41) is 7.20. The zero-order valence-corrected chi connectivity index (χ0v) is 15.1. The summed E-state index contributed by atoms with van der Waals surface area (Å²) in [4.78, 5) is 30.4. The molecule has 8 heteroatoms. The second-order valence-electron chi connectivity index (χ2n) is 7.04. The molecule has 2 aliphatic rings. The van der Waals surface area contributed by atoms with E-state index in [0.717, 1.165) is 5.56 Å². The molecule has 2 atom stereocenters. The molecule has 8 nitrogen and oxygen atoms in total. The fraction of sp³-hybridized carbons (Fsp3) is 0.474. The predicted molar refractivity (Wildman–Crippen MR) is 96.5 cm³/mol. The zero-order chi connectivity index (χ0) is 18.7. The van der Waals surface area contributed by atoms with Crippen LogP contribution >= 0.6 is 0 Å². The SMILES string of the molecule is O=C1CO[C@@H]2CN(C(=O)CCCn3cncn3)CC[C@@]2(c2ccccc2)N1. The molecule has 0 spiro atoms. The molecule has 1 aromatic heterocycles. The van der Waals surface area contributed by atoms with E-state index in [-0.39, 0.29) is 24.5 Å². The molecular formula is C19H23N5O3. The Bertz CT molecular complexity index is 795. The number of aromatic nitrogens is 3. The van der Waals surface area contributed by atoms with Crippen molar-refractivity contribution in [1.29, 1.82) is 0 Å². The van der Waals surface area contributed by atoms with Gasteiger partial charge in [-0.1, -0.05) is 30.3 Å². The molecule has 2 fully saturated rings. The summed E-state index contributed by atoms with van der Waals surface area (Å²) >= 11 is 0. The van der Waals surface area contributed by atoms with E-state index in [1.54, 1.807) is 11.0 Å². The number of nitrogens with one attached hydrogen (secondary N) is 1. The number of amides is 2. The number of benzene rings is 1. The molecule has 0 unspecified atom stereocenters. The first-order valence-electron chi connectivity index (χ1n) is 9.26. The Kier molecular flexibility index (Phi) is 4.89. The standard InChI is InChI=1S/C19H23N5O3/c25-17-12-27-16-11-23(18(26)7-4-9-24-14-20-13-21-24)10-8-19(16,22-17)15-5-2-1-3-6-15/h1-3,5-6,13-14,16H,4,7-12H2,(H,22,25)/t16-,19+/m1/s1. The maximum atomic E-state index is 12.6. The van der Waals surface area contributed by atoms with Crippen LogP contribution < -0.4 is 5.32 Å². The molecule has 1 aromatic carbocycles. The largest absolute Gasteiger partial charge is 0.364 e. The van der Waals surface area contributed by atoms with E-state index >= 15 is 0 Å². The van der Waals surface area contributed by atoms with E-state index in [1.165, 1.54) is 6.33 Å². The van der Waals surface area contributed by atoms with Gasteiger partial charge in [0.2, 0.25) is 11.8 Å². The van der Waals surface area contributed by atoms with Crippen LogP contribution in [0.25, 0.3) is 0 Å². The fourth-order valence-corrected chi connectivity index (χ4v) is 3.98. The van der Waals surface area contributed by atoms with Crippen LogP contribution in [0.4, 0.5) is 0 Å². The number of nitrogens with zero attached hydrogens (tertiary/aromatic N) is 4. The summed E-state index contributed by atoms with van der Waals surface area (Å²) in [6.07, 6.45) is 4.71. The van der Waals surface area contributed by atoms with Crippen molar-refractivity contribution in [3.05, 3.63) is 48.5 Å². The number of ether oxygens (including phenoxy) is 1. The highest BCUT2D eigenvalue weighted by atomic mass is 16.5. The van der Waals surface area contributed by atoms with E-state index in [0.29, 0.717) is 38.9 Å². The second-order valence-corrected chi connectivity index (χ2v) is 7.04. The van der Waals surface area contributed by atoms with Crippen LogP contribution in [-0.2, 0) is 26.4 Å². The van der Waals surface area contributed by atoms with Gasteiger partial charge in [0.1, 0.15) is 25.4 Å². The first-order chi connectivity index (χ1) is 13.2. The van der Waals surface area contributed by atoms with Crippen LogP contribution in [0, 0.1) is 0 Å². The van der Waals surface area contributed by atoms with E-state index in [2.05, 4.69) is 15.4 Å². The number of hydrogen-bond acceptors (Lipinski definition) is 5. The number of hydrogen-bond donors (Lipinski definition) is 1. The minimum Gasteiger partial charge on any atom is -0.364 e. The molecule has 4 rings (SSSR count). The summed E-state index contributed by atoms with van der Waals surface area (Å²) in [7, 11) is 0. The van der Waals surface area contributed by atoms with E-state index in [4.69, 9.17) is 4.74 Å². The lowest BCUT2D eigenvalue weighted by Crippen LogP contribution is -2.67. The van der Waals surface area contributed by atoms with Gasteiger partial charge in [0.15, 0.2) is 0 Å². The van der Waals surface area contributed by atoms with Crippen molar-refractivity contribution < 1.29 is 14.3 Å². The fourth-order valence-electron chi connectivity index (χ4n) is 3.98. The average molecular weight is 369 g/mol. The maximum absolute atomic E-state index is 12.6. The lowest BCUT2D eigenvalue weighted by Gasteiger charge is -2.50. The summed E-state index contributed by atoms with van der Waals surface area (Å²) in [6, 6.07) is 9.90. The van der Waals surface area contributed by atoms with Gasteiger partial charge in [-0.05, 0) is 18.4 Å². The van der Waals surface area contributed by atoms with Crippen LogP contribution in [0.15, 0.2) is 43.0 Å². The van der Waals surface area contributed by atoms with E-state index in [9.17, 15) is 9.59 Å². The highest BCUT2D eigenvalue weighted by Gasteiger charge is 2.49. The molecule has 2 aliphatic heterocycles. The van der Waals surface area contributed by atoms with Crippen molar-refractivity contribution in [2.45, 2.75) is 37.5 Å². The molecule has 27 heavy (non-hydrogen) atoms. The molecule has 0 aliphatic carbocycles. The van der Waals surface area contributed by atoms with Crippen LogP contribution in [0.5, 0.6) is 0 Å². The number of carbonyl (C=O) groups excluding carboxylic acids is 2. The third kappa shape index (κ3) is 3.57. The molecule has 2 saturated heterocycles. The van der Waals surface area contributed by atoms with Crippen molar-refractivity contribution >= 4 is 11.8 Å². The Morgan fingerprint density at radius 2 is 2.19 bits per heavy atom. The Balaban J connectivity index is 1.42. The van der Waals surface area contributed by atoms with Crippen molar-refractivity contribution in [3.8, 4) is 0 Å². The Morgan fingerprint density at radius 1 is 1.33 bits per heavy atom. The molecule has 0 bridgehead atoms. The highest BCUT2D eigenvalue weighted by Crippen LogP contribution is 2.37. The van der Waals surface area contributed by atoms with Gasteiger partial charge in [0.05, 0.1) is 5.54 Å². The summed E-state index contributed by atoms with van der Waals surface area (Å²) in [6.45, 7) is 1.78. The molecule has 2 amide bonds. The van der Waals surface area contributed by atoms with Crippen molar-refractivity contribution in [2.75, 3.05) is 19.7 Å². The smallest absolute Gasteiger partial charge is 0.246 e. The average Bonchev–Trinajstić information content (AvgIpc) is 3.21. The van der Waals surface area contributed by atoms with Gasteiger partial charge in [-0.3, -0.25) is 14.3 Å². The molecule has 0 radical (unpaired) electrons. The lowest BCUT2D eigenvalue weighted by molar-refractivity contribution is -0.157. The van der Waals surface area contributed by atoms with E-state index in [1.807, 2.05) is 35.2 Å². The number of likely N-dealkylation sites (tertiary alicyclic amines) is 1. The quantitative estimate of drug-likeness (QED) is 0.838. The molecule has 2 aromatic rings. The Hall–Kier alpha value is -2.74. The van der Waals surface area contributed by atoms with Gasteiger partial charge in [-0.25, -0.2) is 4.98 Å². The normalized spacial score (nSPS) is 25.0. The topological polar surface area (TPSA) is 89.4 Å². The minimum absolute atomic E-state index is 0.0353. The second kappa shape index (κ2) is 7.48. The zero-order valence-electron chi connectivity index (χ0n) is 15.1. The number of morpholine rings is 1. The first-order valence-corrected chi connectivity index (χ1v) is 9.26. The number of carbonyl (C=O) groups is 2. The van der Waals surface area contributed by atoms with Gasteiger partial charge in [0, 0.05) is 26.1 Å². The van der Waals surface area contributed by atoms with E-state index < -0.39 is 5.54 Å². The minimum atomic E-state index is -0.561. The number of rotatable bonds is 5. The first kappa shape index (κ1) is 17.7. The summed E-state index contributed by atoms with van der Waals surface area (Å²) < 4.78 is 7.59. The van der Waals surface area contributed by atoms with Crippen LogP contribution in [0.2, 0.25) is 0 Å². The monoisotopic (exact) mass is 369 g/mol. The van der Waals surface area contributed by atoms with Crippen LogP contribution in [0.1, 0.15) is 24.8 Å². The van der Waals surface area contributed by atoms with Gasteiger partial charge in [-0.2, -0.15) is 5.10 Å². The molecule has 0 saturated carbocycles. The third-order valence-corrected chi connectivity index (χ3v) is 5.38. The maximum Gasteiger partial charge on any atom is 0.246 e. The summed E-state index contributed by atoms with van der Waals surface area (Å²) in [5.74, 6) is -0.0000105. The Labute approximate surface area is 157 Å². The van der Waals surface area contributed by atoms with Crippen molar-refractivity contribution in [3.63, 3.8) is 0 Å². The van der Waals surface area contributed by atoms with Crippen molar-refractivity contribution in [2.24, 2.45) is 0 Å². The summed E-state index contributed by atoms with van der Waals surface area (Å²) in [5.41, 5.74) is 0.468. The van der Waals surface area contributed by atoms with Gasteiger partial charge < -0.3 is 15.0 Å². The lowest BCUT2D eigenvalue weighted by atomic mass is 9.77. The molecule has 3 heterocycles. The Morgan fingerprint density at radius 3 is 2.96 bits per heavy atom. The van der Waals surface area contributed by atoms with Gasteiger partial charge in [0.25, 0.3) is 0 Å². The number of aryl methyl sites for hydroxylation is 1. The molecular weight excluding hydrogens is 346 g/mol. The van der Waals surface area contributed by atoms with Gasteiger partial charge in [-0.15, -0.1) is 0 Å². The number of fused-ring (bicyclic) bond motifs is 1. The number of piperidine rings is 1. The molecule has 1 N–H and O–H groups in total. The van der Waals surface area contributed by atoms with Crippen LogP contribution in [0.3, 0.4) is 0 Å². The van der Waals surface area contributed by atoms with Gasteiger partial charge >= 0.3 is 0 Å². The van der Waals surface area contributed by atoms with Crippen LogP contribution in [-0.4, -0.2) is 57.3 Å². The third-order valence-electron chi connectivity index (χ3n) is 5.38.